The van der Waals surface area contributed by atoms with Crippen molar-refractivity contribution >= 4 is 22.7 Å². The number of H-pyrrole nitrogens is 1. The minimum absolute atomic E-state index is 0.000813. The van der Waals surface area contributed by atoms with Crippen molar-refractivity contribution in [2.24, 2.45) is 0 Å². The van der Waals surface area contributed by atoms with Gasteiger partial charge in [0.1, 0.15) is 0 Å². The van der Waals surface area contributed by atoms with E-state index < -0.39 is 0 Å². The Kier molecular flexibility index (Phi) is 6.31. The van der Waals surface area contributed by atoms with E-state index in [0.29, 0.717) is 25.6 Å². The third-order valence-corrected chi connectivity index (χ3v) is 5.37. The van der Waals surface area contributed by atoms with Gasteiger partial charge in [0, 0.05) is 43.2 Å². The van der Waals surface area contributed by atoms with Crippen LogP contribution in [0.1, 0.15) is 51.0 Å². The fourth-order valence-electron chi connectivity index (χ4n) is 4.00. The Labute approximate surface area is 155 Å². The summed E-state index contributed by atoms with van der Waals surface area (Å²) < 4.78 is 0. The standard InChI is InChI=1S/C21H29N3O2/c1-16(25)24(18-8-4-2-3-5-9-18)13-12-22-21(26)14-17-15-23-20-11-7-6-10-19(17)20/h6-7,10-11,15,18,23H,2-5,8-9,12-14H2,1H3,(H,22,26). The molecule has 3 rings (SSSR count). The van der Waals surface area contributed by atoms with Crippen molar-refractivity contribution in [2.45, 2.75) is 57.9 Å². The Morgan fingerprint density at radius 1 is 1.15 bits per heavy atom. The van der Waals surface area contributed by atoms with E-state index in [1.165, 1.54) is 25.7 Å². The lowest BCUT2D eigenvalue weighted by Crippen LogP contribution is -2.43. The van der Waals surface area contributed by atoms with Gasteiger partial charge >= 0.3 is 0 Å². The fourth-order valence-corrected chi connectivity index (χ4v) is 4.00. The molecule has 1 heterocycles. The topological polar surface area (TPSA) is 65.2 Å². The summed E-state index contributed by atoms with van der Waals surface area (Å²) >= 11 is 0. The zero-order valence-corrected chi connectivity index (χ0v) is 15.6. The number of para-hydroxylation sites is 1. The van der Waals surface area contributed by atoms with Gasteiger partial charge in [-0.25, -0.2) is 0 Å². The van der Waals surface area contributed by atoms with Gasteiger partial charge in [-0.05, 0) is 24.5 Å². The number of aromatic nitrogens is 1. The number of hydrogen-bond acceptors (Lipinski definition) is 2. The summed E-state index contributed by atoms with van der Waals surface area (Å²) in [4.78, 5) is 29.5. The molecule has 2 aromatic rings. The van der Waals surface area contributed by atoms with Crippen LogP contribution >= 0.6 is 0 Å². The molecule has 0 bridgehead atoms. The molecule has 0 spiro atoms. The lowest BCUT2D eigenvalue weighted by molar-refractivity contribution is -0.132. The third-order valence-electron chi connectivity index (χ3n) is 5.37. The predicted octanol–water partition coefficient (Wildman–Crippen LogP) is 3.40. The van der Waals surface area contributed by atoms with Crippen LogP contribution in [0.25, 0.3) is 10.9 Å². The molecule has 0 radical (unpaired) electrons. The van der Waals surface area contributed by atoms with Gasteiger partial charge < -0.3 is 15.2 Å². The number of carbonyl (C=O) groups is 2. The lowest BCUT2D eigenvalue weighted by Gasteiger charge is -2.30. The van der Waals surface area contributed by atoms with Crippen molar-refractivity contribution in [1.82, 2.24) is 15.2 Å². The minimum atomic E-state index is -0.000813. The molecule has 5 nitrogen and oxygen atoms in total. The second-order valence-electron chi connectivity index (χ2n) is 7.24. The van der Waals surface area contributed by atoms with E-state index >= 15 is 0 Å². The van der Waals surface area contributed by atoms with Gasteiger partial charge in [0.15, 0.2) is 0 Å². The molecule has 1 aliphatic rings. The minimum Gasteiger partial charge on any atom is -0.361 e. The molecule has 1 aliphatic carbocycles. The first-order valence-corrected chi connectivity index (χ1v) is 9.74. The van der Waals surface area contributed by atoms with Gasteiger partial charge in [-0.15, -0.1) is 0 Å². The smallest absolute Gasteiger partial charge is 0.224 e. The van der Waals surface area contributed by atoms with Crippen LogP contribution in [0.15, 0.2) is 30.5 Å². The number of nitrogens with one attached hydrogen (secondary N) is 2. The molecule has 2 amide bonds. The Morgan fingerprint density at radius 2 is 1.88 bits per heavy atom. The predicted molar refractivity (Wildman–Crippen MR) is 104 cm³/mol. The van der Waals surface area contributed by atoms with Crippen LogP contribution < -0.4 is 5.32 Å². The van der Waals surface area contributed by atoms with Gasteiger partial charge in [0.2, 0.25) is 11.8 Å². The number of rotatable bonds is 6. The Morgan fingerprint density at radius 3 is 2.62 bits per heavy atom. The molecule has 0 unspecified atom stereocenters. The fraction of sp³-hybridized carbons (Fsp3) is 0.524. The molecule has 5 heteroatoms. The van der Waals surface area contributed by atoms with Crippen LogP contribution in [0.2, 0.25) is 0 Å². The highest BCUT2D eigenvalue weighted by Gasteiger charge is 2.22. The van der Waals surface area contributed by atoms with Crippen molar-refractivity contribution in [2.75, 3.05) is 13.1 Å². The number of benzene rings is 1. The number of carbonyl (C=O) groups excluding carboxylic acids is 2. The molecule has 2 N–H and O–H groups in total. The monoisotopic (exact) mass is 355 g/mol. The van der Waals surface area contributed by atoms with E-state index in [9.17, 15) is 9.59 Å². The first-order chi connectivity index (χ1) is 12.6. The van der Waals surface area contributed by atoms with Crippen LogP contribution in [-0.4, -0.2) is 40.8 Å². The Balaban J connectivity index is 1.50. The zero-order valence-electron chi connectivity index (χ0n) is 15.6. The molecule has 0 saturated heterocycles. The van der Waals surface area contributed by atoms with Crippen molar-refractivity contribution in [3.63, 3.8) is 0 Å². The van der Waals surface area contributed by atoms with E-state index in [2.05, 4.69) is 10.3 Å². The molecule has 1 aromatic carbocycles. The van der Waals surface area contributed by atoms with Crippen LogP contribution in [0, 0.1) is 0 Å². The largest absolute Gasteiger partial charge is 0.361 e. The summed E-state index contributed by atoms with van der Waals surface area (Å²) in [6, 6.07) is 8.33. The van der Waals surface area contributed by atoms with Gasteiger partial charge in [-0.2, -0.15) is 0 Å². The van der Waals surface area contributed by atoms with E-state index in [1.807, 2.05) is 35.4 Å². The summed E-state index contributed by atoms with van der Waals surface area (Å²) in [6.45, 7) is 2.75. The summed E-state index contributed by atoms with van der Waals surface area (Å²) in [6.07, 6.45) is 9.35. The Bertz CT molecular complexity index is 745. The van der Waals surface area contributed by atoms with Crippen LogP contribution in [-0.2, 0) is 16.0 Å². The van der Waals surface area contributed by atoms with Gasteiger partial charge in [0.25, 0.3) is 0 Å². The molecule has 26 heavy (non-hydrogen) atoms. The van der Waals surface area contributed by atoms with Gasteiger partial charge in [-0.3, -0.25) is 9.59 Å². The van der Waals surface area contributed by atoms with Gasteiger partial charge in [-0.1, -0.05) is 43.9 Å². The number of fused-ring (bicyclic) bond motifs is 1. The molecule has 140 valence electrons. The maximum Gasteiger partial charge on any atom is 0.224 e. The van der Waals surface area contributed by atoms with E-state index in [-0.39, 0.29) is 11.8 Å². The maximum atomic E-state index is 12.3. The number of aromatic amines is 1. The molecule has 1 aromatic heterocycles. The second-order valence-corrected chi connectivity index (χ2v) is 7.24. The number of nitrogens with zero attached hydrogens (tertiary/aromatic N) is 1. The van der Waals surface area contributed by atoms with Gasteiger partial charge in [0.05, 0.1) is 6.42 Å². The highest BCUT2D eigenvalue weighted by atomic mass is 16.2. The van der Waals surface area contributed by atoms with Crippen LogP contribution in [0.3, 0.4) is 0 Å². The first-order valence-electron chi connectivity index (χ1n) is 9.74. The van der Waals surface area contributed by atoms with E-state index in [1.54, 1.807) is 6.92 Å². The Hall–Kier alpha value is -2.30. The SMILES string of the molecule is CC(=O)N(CCNC(=O)Cc1c[nH]c2ccccc12)C1CCCCCC1. The van der Waals surface area contributed by atoms with E-state index in [0.717, 1.165) is 29.3 Å². The third kappa shape index (κ3) is 4.65. The molecule has 0 atom stereocenters. The highest BCUT2D eigenvalue weighted by molar-refractivity contribution is 5.88. The van der Waals surface area contributed by atoms with E-state index in [4.69, 9.17) is 0 Å². The maximum absolute atomic E-state index is 12.3. The number of hydrogen-bond donors (Lipinski definition) is 2. The average Bonchev–Trinajstić information content (AvgIpc) is 2.85. The molecule has 1 saturated carbocycles. The zero-order chi connectivity index (χ0) is 18.4. The number of amides is 2. The molecular formula is C21H29N3O2. The van der Waals surface area contributed by atoms with Crippen molar-refractivity contribution < 1.29 is 9.59 Å². The van der Waals surface area contributed by atoms with Crippen molar-refractivity contribution in [3.05, 3.63) is 36.0 Å². The average molecular weight is 355 g/mol. The highest BCUT2D eigenvalue weighted by Crippen LogP contribution is 2.22. The summed E-state index contributed by atoms with van der Waals surface area (Å²) in [5.74, 6) is 0.113. The lowest BCUT2D eigenvalue weighted by atomic mass is 10.1. The van der Waals surface area contributed by atoms with Crippen LogP contribution in [0.4, 0.5) is 0 Å². The summed E-state index contributed by atoms with van der Waals surface area (Å²) in [5, 5.41) is 4.07. The normalized spacial score (nSPS) is 15.6. The summed E-state index contributed by atoms with van der Waals surface area (Å²) in [5.41, 5.74) is 2.05. The first kappa shape index (κ1) is 18.5. The van der Waals surface area contributed by atoms with Crippen molar-refractivity contribution in [1.29, 1.82) is 0 Å². The van der Waals surface area contributed by atoms with Crippen LogP contribution in [0.5, 0.6) is 0 Å². The molecular weight excluding hydrogens is 326 g/mol. The summed E-state index contributed by atoms with van der Waals surface area (Å²) in [7, 11) is 0. The molecule has 0 aliphatic heterocycles. The quantitative estimate of drug-likeness (QED) is 0.780. The molecule has 1 fully saturated rings. The van der Waals surface area contributed by atoms with Crippen molar-refractivity contribution in [3.8, 4) is 0 Å². The second kappa shape index (κ2) is 8.88.